The SMILES string of the molecule is CCc1nc2ccccc2n1Cc1ccccc1. The van der Waals surface area contributed by atoms with Gasteiger partial charge in [-0.25, -0.2) is 4.98 Å². The minimum absolute atomic E-state index is 0.893. The Kier molecular flexibility index (Phi) is 2.85. The van der Waals surface area contributed by atoms with E-state index in [2.05, 4.69) is 60.0 Å². The molecular weight excluding hydrogens is 220 g/mol. The van der Waals surface area contributed by atoms with Crippen molar-refractivity contribution < 1.29 is 0 Å². The van der Waals surface area contributed by atoms with Gasteiger partial charge in [0.05, 0.1) is 11.0 Å². The number of benzene rings is 2. The summed E-state index contributed by atoms with van der Waals surface area (Å²) in [6, 6.07) is 18.9. The van der Waals surface area contributed by atoms with Crippen molar-refractivity contribution in [2.45, 2.75) is 19.9 Å². The van der Waals surface area contributed by atoms with Crippen molar-refractivity contribution in [1.29, 1.82) is 0 Å². The fourth-order valence-electron chi connectivity index (χ4n) is 2.34. The lowest BCUT2D eigenvalue weighted by Gasteiger charge is -2.08. The summed E-state index contributed by atoms with van der Waals surface area (Å²) >= 11 is 0. The number of aromatic nitrogens is 2. The van der Waals surface area contributed by atoms with Gasteiger partial charge in [-0.2, -0.15) is 0 Å². The summed E-state index contributed by atoms with van der Waals surface area (Å²) in [5.41, 5.74) is 3.62. The summed E-state index contributed by atoms with van der Waals surface area (Å²) in [7, 11) is 0. The summed E-state index contributed by atoms with van der Waals surface area (Å²) in [6.45, 7) is 3.05. The molecule has 0 amide bonds. The Bertz CT molecular complexity index is 653. The zero-order valence-corrected chi connectivity index (χ0v) is 10.5. The van der Waals surface area contributed by atoms with Crippen molar-refractivity contribution in [3.63, 3.8) is 0 Å². The fraction of sp³-hybridized carbons (Fsp3) is 0.188. The van der Waals surface area contributed by atoms with E-state index in [0.29, 0.717) is 0 Å². The largest absolute Gasteiger partial charge is 0.323 e. The van der Waals surface area contributed by atoms with Crippen molar-refractivity contribution in [3.05, 3.63) is 66.0 Å². The van der Waals surface area contributed by atoms with E-state index in [1.807, 2.05) is 6.07 Å². The van der Waals surface area contributed by atoms with Gasteiger partial charge in [-0.1, -0.05) is 49.4 Å². The van der Waals surface area contributed by atoms with Crippen LogP contribution in [0.15, 0.2) is 54.6 Å². The molecule has 0 aliphatic rings. The molecule has 18 heavy (non-hydrogen) atoms. The number of fused-ring (bicyclic) bond motifs is 1. The van der Waals surface area contributed by atoms with E-state index in [-0.39, 0.29) is 0 Å². The van der Waals surface area contributed by atoms with E-state index in [9.17, 15) is 0 Å². The molecule has 1 heterocycles. The molecule has 1 aromatic heterocycles. The number of aryl methyl sites for hydroxylation is 1. The summed E-state index contributed by atoms with van der Waals surface area (Å²) < 4.78 is 2.31. The van der Waals surface area contributed by atoms with Gasteiger partial charge in [-0.15, -0.1) is 0 Å². The van der Waals surface area contributed by atoms with Crippen LogP contribution in [0.2, 0.25) is 0 Å². The lowest BCUT2D eigenvalue weighted by atomic mass is 10.2. The molecule has 0 aliphatic carbocycles. The Morgan fingerprint density at radius 1 is 0.944 bits per heavy atom. The zero-order chi connectivity index (χ0) is 12.4. The van der Waals surface area contributed by atoms with Gasteiger partial charge in [-0.05, 0) is 17.7 Å². The maximum absolute atomic E-state index is 4.69. The topological polar surface area (TPSA) is 17.8 Å². The summed E-state index contributed by atoms with van der Waals surface area (Å²) in [5.74, 6) is 1.15. The number of nitrogens with zero attached hydrogens (tertiary/aromatic N) is 2. The van der Waals surface area contributed by atoms with Crippen molar-refractivity contribution in [2.75, 3.05) is 0 Å². The predicted octanol–water partition coefficient (Wildman–Crippen LogP) is 3.65. The molecule has 0 N–H and O–H groups in total. The van der Waals surface area contributed by atoms with E-state index in [1.54, 1.807) is 0 Å². The summed E-state index contributed by atoms with van der Waals surface area (Å²) in [4.78, 5) is 4.69. The highest BCUT2D eigenvalue weighted by atomic mass is 15.1. The Morgan fingerprint density at radius 3 is 2.44 bits per heavy atom. The lowest BCUT2D eigenvalue weighted by Crippen LogP contribution is -2.04. The molecule has 0 atom stereocenters. The number of rotatable bonds is 3. The van der Waals surface area contributed by atoms with Crippen LogP contribution in [0.3, 0.4) is 0 Å². The van der Waals surface area contributed by atoms with E-state index in [0.717, 1.165) is 24.3 Å². The summed E-state index contributed by atoms with van der Waals surface area (Å²) in [6.07, 6.45) is 0.960. The van der Waals surface area contributed by atoms with E-state index in [4.69, 9.17) is 4.98 Å². The van der Waals surface area contributed by atoms with Gasteiger partial charge in [0, 0.05) is 13.0 Å². The number of para-hydroxylation sites is 2. The molecule has 90 valence electrons. The first-order valence-electron chi connectivity index (χ1n) is 6.36. The van der Waals surface area contributed by atoms with Crippen molar-refractivity contribution in [3.8, 4) is 0 Å². The molecule has 3 rings (SSSR count). The molecule has 2 nitrogen and oxygen atoms in total. The molecule has 0 fully saturated rings. The van der Waals surface area contributed by atoms with Crippen LogP contribution in [0, 0.1) is 0 Å². The maximum atomic E-state index is 4.69. The Hall–Kier alpha value is -2.09. The Balaban J connectivity index is 2.10. The second-order valence-electron chi connectivity index (χ2n) is 4.44. The van der Waals surface area contributed by atoms with Gasteiger partial charge in [0.1, 0.15) is 5.82 Å². The second kappa shape index (κ2) is 4.65. The quantitative estimate of drug-likeness (QED) is 0.678. The highest BCUT2D eigenvalue weighted by Crippen LogP contribution is 2.18. The molecule has 0 unspecified atom stereocenters. The van der Waals surface area contributed by atoms with Crippen molar-refractivity contribution in [1.82, 2.24) is 9.55 Å². The van der Waals surface area contributed by atoms with Gasteiger partial charge in [0.25, 0.3) is 0 Å². The van der Waals surface area contributed by atoms with E-state index >= 15 is 0 Å². The van der Waals surface area contributed by atoms with Crippen LogP contribution in [0.1, 0.15) is 18.3 Å². The van der Waals surface area contributed by atoms with Crippen LogP contribution in [0.25, 0.3) is 11.0 Å². The molecule has 2 heteroatoms. The molecule has 0 radical (unpaired) electrons. The number of hydrogen-bond acceptors (Lipinski definition) is 1. The van der Waals surface area contributed by atoms with Crippen molar-refractivity contribution >= 4 is 11.0 Å². The van der Waals surface area contributed by atoms with E-state index < -0.39 is 0 Å². The number of imidazole rings is 1. The standard InChI is InChI=1S/C16H16N2/c1-2-16-17-14-10-6-7-11-15(14)18(16)12-13-8-4-3-5-9-13/h3-11H,2,12H2,1H3. The fourth-order valence-corrected chi connectivity index (χ4v) is 2.34. The average Bonchev–Trinajstić information content (AvgIpc) is 2.78. The van der Waals surface area contributed by atoms with Crippen LogP contribution in [0.4, 0.5) is 0 Å². The molecule has 2 aromatic carbocycles. The Morgan fingerprint density at radius 2 is 1.67 bits per heavy atom. The van der Waals surface area contributed by atoms with Crippen LogP contribution in [0.5, 0.6) is 0 Å². The van der Waals surface area contributed by atoms with Crippen LogP contribution in [-0.4, -0.2) is 9.55 Å². The normalized spacial score (nSPS) is 10.9. The molecule has 0 aliphatic heterocycles. The molecular formula is C16H16N2. The van der Waals surface area contributed by atoms with Gasteiger partial charge >= 0.3 is 0 Å². The zero-order valence-electron chi connectivity index (χ0n) is 10.5. The lowest BCUT2D eigenvalue weighted by molar-refractivity contribution is 0.753. The van der Waals surface area contributed by atoms with Gasteiger partial charge < -0.3 is 4.57 Å². The van der Waals surface area contributed by atoms with Crippen LogP contribution < -0.4 is 0 Å². The second-order valence-corrected chi connectivity index (χ2v) is 4.44. The predicted molar refractivity (Wildman–Crippen MR) is 74.7 cm³/mol. The molecule has 0 saturated carbocycles. The first-order valence-corrected chi connectivity index (χ1v) is 6.36. The van der Waals surface area contributed by atoms with Crippen LogP contribution in [-0.2, 0) is 13.0 Å². The highest BCUT2D eigenvalue weighted by Gasteiger charge is 2.08. The first kappa shape index (κ1) is 11.0. The first-order chi connectivity index (χ1) is 8.88. The third-order valence-electron chi connectivity index (χ3n) is 3.23. The molecule has 3 aromatic rings. The molecule has 0 saturated heterocycles. The summed E-state index contributed by atoms with van der Waals surface area (Å²) in [5, 5.41) is 0. The maximum Gasteiger partial charge on any atom is 0.109 e. The van der Waals surface area contributed by atoms with Gasteiger partial charge in [0.2, 0.25) is 0 Å². The smallest absolute Gasteiger partial charge is 0.109 e. The van der Waals surface area contributed by atoms with Gasteiger partial charge in [-0.3, -0.25) is 0 Å². The van der Waals surface area contributed by atoms with Crippen molar-refractivity contribution in [2.24, 2.45) is 0 Å². The minimum Gasteiger partial charge on any atom is -0.323 e. The van der Waals surface area contributed by atoms with E-state index in [1.165, 1.54) is 11.1 Å². The monoisotopic (exact) mass is 236 g/mol. The third kappa shape index (κ3) is 1.90. The molecule has 0 spiro atoms. The Labute approximate surface area is 107 Å². The van der Waals surface area contributed by atoms with Gasteiger partial charge in [0.15, 0.2) is 0 Å². The highest BCUT2D eigenvalue weighted by molar-refractivity contribution is 5.76. The van der Waals surface area contributed by atoms with Crippen LogP contribution >= 0.6 is 0 Å². The molecule has 0 bridgehead atoms. The number of hydrogen-bond donors (Lipinski definition) is 0. The third-order valence-corrected chi connectivity index (χ3v) is 3.23. The minimum atomic E-state index is 0.893. The average molecular weight is 236 g/mol.